The van der Waals surface area contributed by atoms with Crippen LogP contribution in [0.2, 0.25) is 0 Å². The van der Waals surface area contributed by atoms with E-state index in [0.29, 0.717) is 5.92 Å². The van der Waals surface area contributed by atoms with Gasteiger partial charge in [-0.3, -0.25) is 0 Å². The van der Waals surface area contributed by atoms with Crippen molar-refractivity contribution in [1.29, 1.82) is 0 Å². The predicted molar refractivity (Wildman–Crippen MR) is 79.4 cm³/mol. The minimum absolute atomic E-state index is 0.206. The fraction of sp³-hybridized carbons (Fsp3) is 0.562. The van der Waals surface area contributed by atoms with Crippen molar-refractivity contribution >= 4 is 11.0 Å². The molecule has 0 amide bonds. The Kier molecular flexibility index (Phi) is 3.09. The van der Waals surface area contributed by atoms with Crippen LogP contribution in [-0.2, 0) is 5.41 Å². The molecule has 1 fully saturated rings. The number of imidazole rings is 1. The first kappa shape index (κ1) is 12.7. The van der Waals surface area contributed by atoms with E-state index >= 15 is 0 Å². The topological polar surface area (TPSA) is 54.7 Å². The Hall–Kier alpha value is -1.35. The maximum Gasteiger partial charge on any atom is 0.109 e. The number of rotatable bonds is 3. The van der Waals surface area contributed by atoms with Crippen LogP contribution in [0.5, 0.6) is 0 Å². The summed E-state index contributed by atoms with van der Waals surface area (Å²) in [5.41, 5.74) is 9.89. The molecule has 3 N–H and O–H groups in total. The van der Waals surface area contributed by atoms with Gasteiger partial charge in [-0.25, -0.2) is 4.98 Å². The van der Waals surface area contributed by atoms with Crippen molar-refractivity contribution in [3.05, 3.63) is 29.6 Å². The lowest BCUT2D eigenvalue weighted by Gasteiger charge is -2.27. The molecular weight excluding hydrogens is 234 g/mol. The summed E-state index contributed by atoms with van der Waals surface area (Å²) in [5, 5.41) is 0. The smallest absolute Gasteiger partial charge is 0.109 e. The number of nitrogens with zero attached hydrogens (tertiary/aromatic N) is 1. The average molecular weight is 257 g/mol. The highest BCUT2D eigenvalue weighted by Gasteiger charge is 2.34. The lowest BCUT2D eigenvalue weighted by molar-refractivity contribution is 0.453. The van der Waals surface area contributed by atoms with E-state index in [2.05, 4.69) is 42.0 Å². The van der Waals surface area contributed by atoms with Gasteiger partial charge in [-0.15, -0.1) is 0 Å². The van der Waals surface area contributed by atoms with E-state index in [1.54, 1.807) is 0 Å². The minimum atomic E-state index is 0.206. The van der Waals surface area contributed by atoms with Crippen molar-refractivity contribution < 1.29 is 0 Å². The fourth-order valence-corrected chi connectivity index (χ4v) is 3.30. The fourth-order valence-electron chi connectivity index (χ4n) is 3.30. The normalized spacial score (nSPS) is 18.5. The van der Waals surface area contributed by atoms with Crippen LogP contribution in [0, 0.1) is 0 Å². The number of fused-ring (bicyclic) bond motifs is 1. The van der Waals surface area contributed by atoms with Crippen molar-refractivity contribution in [3.63, 3.8) is 0 Å². The second-order valence-electron chi connectivity index (χ2n) is 6.20. The van der Waals surface area contributed by atoms with Crippen molar-refractivity contribution in [2.75, 3.05) is 6.54 Å². The van der Waals surface area contributed by atoms with E-state index in [1.165, 1.54) is 31.2 Å². The Bertz CT molecular complexity index is 577. The molecule has 2 aromatic rings. The number of hydrogen-bond donors (Lipinski definition) is 2. The Morgan fingerprint density at radius 1 is 1.32 bits per heavy atom. The molecule has 0 aliphatic heterocycles. The van der Waals surface area contributed by atoms with Crippen LogP contribution >= 0.6 is 0 Å². The number of aromatic nitrogens is 2. The standard InChI is InChI=1S/C16H23N3/c1-11(2)15-18-13-6-5-12(9-14(13)19-15)16(10-17)7-3-4-8-16/h5-6,9,11H,3-4,7-8,10,17H2,1-2H3,(H,18,19). The van der Waals surface area contributed by atoms with E-state index < -0.39 is 0 Å². The van der Waals surface area contributed by atoms with Gasteiger partial charge in [0.05, 0.1) is 11.0 Å². The molecule has 1 heterocycles. The number of nitrogens with one attached hydrogen (secondary N) is 1. The number of H-pyrrole nitrogens is 1. The second kappa shape index (κ2) is 4.64. The summed E-state index contributed by atoms with van der Waals surface area (Å²) in [4.78, 5) is 8.09. The van der Waals surface area contributed by atoms with Crippen LogP contribution in [0.4, 0.5) is 0 Å². The lowest BCUT2D eigenvalue weighted by atomic mass is 9.79. The quantitative estimate of drug-likeness (QED) is 0.884. The molecule has 3 heteroatoms. The molecule has 0 unspecified atom stereocenters. The maximum atomic E-state index is 6.07. The molecule has 1 saturated carbocycles. The average Bonchev–Trinajstić information content (AvgIpc) is 3.05. The van der Waals surface area contributed by atoms with Gasteiger partial charge in [0.25, 0.3) is 0 Å². The van der Waals surface area contributed by atoms with Crippen LogP contribution < -0.4 is 5.73 Å². The third-order valence-corrected chi connectivity index (χ3v) is 4.61. The van der Waals surface area contributed by atoms with Gasteiger partial charge in [-0.2, -0.15) is 0 Å². The van der Waals surface area contributed by atoms with Gasteiger partial charge in [0, 0.05) is 17.9 Å². The number of hydrogen-bond acceptors (Lipinski definition) is 2. The molecular formula is C16H23N3. The highest BCUT2D eigenvalue weighted by Crippen LogP contribution is 2.40. The Morgan fingerprint density at radius 3 is 2.68 bits per heavy atom. The van der Waals surface area contributed by atoms with Gasteiger partial charge in [0.2, 0.25) is 0 Å². The number of aromatic amines is 1. The monoisotopic (exact) mass is 257 g/mol. The van der Waals surface area contributed by atoms with Gasteiger partial charge >= 0.3 is 0 Å². The molecule has 0 saturated heterocycles. The molecule has 0 bridgehead atoms. The molecule has 1 aromatic heterocycles. The van der Waals surface area contributed by atoms with Crippen molar-refractivity contribution in [2.45, 2.75) is 50.9 Å². The van der Waals surface area contributed by atoms with Gasteiger partial charge < -0.3 is 10.7 Å². The predicted octanol–water partition coefficient (Wildman–Crippen LogP) is 3.46. The van der Waals surface area contributed by atoms with Crippen LogP contribution in [0.25, 0.3) is 11.0 Å². The van der Waals surface area contributed by atoms with E-state index in [4.69, 9.17) is 5.73 Å². The van der Waals surface area contributed by atoms with Gasteiger partial charge in [0.15, 0.2) is 0 Å². The first-order chi connectivity index (χ1) is 9.14. The van der Waals surface area contributed by atoms with E-state index in [1.807, 2.05) is 0 Å². The highest BCUT2D eigenvalue weighted by atomic mass is 14.9. The Labute approximate surface area is 114 Å². The van der Waals surface area contributed by atoms with E-state index in [-0.39, 0.29) is 5.41 Å². The molecule has 3 rings (SSSR count). The minimum Gasteiger partial charge on any atom is -0.342 e. The van der Waals surface area contributed by atoms with Gasteiger partial charge in [-0.05, 0) is 30.5 Å². The first-order valence-electron chi connectivity index (χ1n) is 7.35. The van der Waals surface area contributed by atoms with E-state index in [9.17, 15) is 0 Å². The van der Waals surface area contributed by atoms with E-state index in [0.717, 1.165) is 23.4 Å². The second-order valence-corrected chi connectivity index (χ2v) is 6.20. The molecule has 1 aliphatic carbocycles. The zero-order valence-corrected chi connectivity index (χ0v) is 11.9. The summed E-state index contributed by atoms with van der Waals surface area (Å²) in [5.74, 6) is 1.51. The Balaban J connectivity index is 2.05. The molecule has 3 nitrogen and oxygen atoms in total. The van der Waals surface area contributed by atoms with Crippen molar-refractivity contribution in [1.82, 2.24) is 9.97 Å². The molecule has 0 spiro atoms. The molecule has 1 aliphatic rings. The van der Waals surface area contributed by atoms with Crippen molar-refractivity contribution in [2.24, 2.45) is 5.73 Å². The zero-order chi connectivity index (χ0) is 13.5. The SMILES string of the molecule is CC(C)c1nc2ccc(C3(CN)CCCC3)cc2[nH]1. The van der Waals surface area contributed by atoms with Crippen LogP contribution in [0.1, 0.15) is 56.8 Å². The summed E-state index contributed by atoms with van der Waals surface area (Å²) in [7, 11) is 0. The highest BCUT2D eigenvalue weighted by molar-refractivity contribution is 5.76. The molecule has 0 radical (unpaired) electrons. The largest absolute Gasteiger partial charge is 0.342 e. The van der Waals surface area contributed by atoms with Crippen molar-refractivity contribution in [3.8, 4) is 0 Å². The third-order valence-electron chi connectivity index (χ3n) is 4.61. The van der Waals surface area contributed by atoms with Crippen LogP contribution in [0.15, 0.2) is 18.2 Å². The summed E-state index contributed by atoms with van der Waals surface area (Å²) >= 11 is 0. The molecule has 19 heavy (non-hydrogen) atoms. The summed E-state index contributed by atoms with van der Waals surface area (Å²) in [6, 6.07) is 6.64. The summed E-state index contributed by atoms with van der Waals surface area (Å²) in [6.07, 6.45) is 5.05. The summed E-state index contributed by atoms with van der Waals surface area (Å²) in [6.45, 7) is 5.08. The molecule has 1 aromatic carbocycles. The van der Waals surface area contributed by atoms with Gasteiger partial charge in [0.1, 0.15) is 5.82 Å². The molecule has 0 atom stereocenters. The molecule has 102 valence electrons. The Morgan fingerprint density at radius 2 is 2.05 bits per heavy atom. The van der Waals surface area contributed by atoms with Crippen LogP contribution in [0.3, 0.4) is 0 Å². The first-order valence-corrected chi connectivity index (χ1v) is 7.35. The lowest BCUT2D eigenvalue weighted by Crippen LogP contribution is -2.31. The number of benzene rings is 1. The van der Waals surface area contributed by atoms with Gasteiger partial charge in [-0.1, -0.05) is 32.8 Å². The third kappa shape index (κ3) is 2.06. The maximum absolute atomic E-state index is 6.07. The summed E-state index contributed by atoms with van der Waals surface area (Å²) < 4.78 is 0. The number of nitrogens with two attached hydrogens (primary N) is 1. The zero-order valence-electron chi connectivity index (χ0n) is 11.9. The van der Waals surface area contributed by atoms with Crippen LogP contribution in [-0.4, -0.2) is 16.5 Å².